The minimum Gasteiger partial charge on any atom is -0.343 e. The molecule has 1 fully saturated rings. The molecule has 1 aliphatic heterocycles. The first-order valence-electron chi connectivity index (χ1n) is 7.28. The number of carbonyl (C=O) groups excluding carboxylic acids is 1. The number of aromatic nitrogens is 4. The van der Waals surface area contributed by atoms with Gasteiger partial charge in [-0.15, -0.1) is 0 Å². The molecule has 0 aliphatic carbocycles. The van der Waals surface area contributed by atoms with Crippen LogP contribution in [-0.2, 0) is 11.2 Å². The number of carbonyl (C=O) groups is 1. The molecule has 21 heavy (non-hydrogen) atoms. The summed E-state index contributed by atoms with van der Waals surface area (Å²) in [6, 6.07) is 3.89. The topological polar surface area (TPSA) is 74.8 Å². The second-order valence-electron chi connectivity index (χ2n) is 5.54. The third-order valence-corrected chi connectivity index (χ3v) is 3.96. The number of amides is 1. The van der Waals surface area contributed by atoms with Crippen molar-refractivity contribution in [2.24, 2.45) is 5.92 Å². The number of aromatic amines is 1. The van der Waals surface area contributed by atoms with Crippen LogP contribution in [0.1, 0.15) is 25.5 Å². The zero-order chi connectivity index (χ0) is 14.7. The van der Waals surface area contributed by atoms with E-state index >= 15 is 0 Å². The minimum absolute atomic E-state index is 0.167. The second kappa shape index (κ2) is 6.03. The number of nitrogens with zero attached hydrogens (tertiary/aromatic N) is 4. The Bertz CT molecular complexity index is 610. The van der Waals surface area contributed by atoms with Crippen LogP contribution < -0.4 is 0 Å². The van der Waals surface area contributed by atoms with Crippen molar-refractivity contribution in [3.8, 4) is 11.4 Å². The first-order chi connectivity index (χ1) is 10.2. The van der Waals surface area contributed by atoms with Gasteiger partial charge in [0.05, 0.1) is 11.4 Å². The summed E-state index contributed by atoms with van der Waals surface area (Å²) in [6.45, 7) is 3.36. The monoisotopic (exact) mass is 285 g/mol. The predicted octanol–water partition coefficient (Wildman–Crippen LogP) is 1.67. The van der Waals surface area contributed by atoms with Crippen molar-refractivity contribution in [2.45, 2.75) is 26.2 Å². The molecule has 0 unspecified atom stereocenters. The SMILES string of the molecule is CC(=O)N1CCC[C@H](Cc2cc(-c3ccn[nH]3)ncn2)C1. The van der Waals surface area contributed by atoms with Crippen LogP contribution in [0.5, 0.6) is 0 Å². The fourth-order valence-electron chi connectivity index (χ4n) is 2.87. The van der Waals surface area contributed by atoms with Crippen LogP contribution in [0.2, 0.25) is 0 Å². The van der Waals surface area contributed by atoms with Crippen LogP contribution in [0.25, 0.3) is 11.4 Å². The Kier molecular flexibility index (Phi) is 3.94. The molecule has 2 aromatic heterocycles. The van der Waals surface area contributed by atoms with E-state index in [1.165, 1.54) is 0 Å². The van der Waals surface area contributed by atoms with Crippen LogP contribution in [0.15, 0.2) is 24.7 Å². The molecular weight excluding hydrogens is 266 g/mol. The summed E-state index contributed by atoms with van der Waals surface area (Å²) < 4.78 is 0. The van der Waals surface area contributed by atoms with E-state index in [0.29, 0.717) is 5.92 Å². The average Bonchev–Trinajstić information content (AvgIpc) is 3.02. The van der Waals surface area contributed by atoms with Gasteiger partial charge in [0.25, 0.3) is 0 Å². The fourth-order valence-corrected chi connectivity index (χ4v) is 2.87. The van der Waals surface area contributed by atoms with Crippen molar-refractivity contribution in [1.29, 1.82) is 0 Å². The average molecular weight is 285 g/mol. The lowest BCUT2D eigenvalue weighted by Gasteiger charge is -2.31. The maximum absolute atomic E-state index is 11.5. The van der Waals surface area contributed by atoms with Crippen LogP contribution in [0.4, 0.5) is 0 Å². The summed E-state index contributed by atoms with van der Waals surface area (Å²) in [5.74, 6) is 0.646. The smallest absolute Gasteiger partial charge is 0.219 e. The summed E-state index contributed by atoms with van der Waals surface area (Å²) in [4.78, 5) is 22.1. The lowest BCUT2D eigenvalue weighted by Crippen LogP contribution is -2.39. The summed E-state index contributed by atoms with van der Waals surface area (Å²) in [5, 5.41) is 6.86. The Labute approximate surface area is 123 Å². The van der Waals surface area contributed by atoms with Crippen LogP contribution in [0.3, 0.4) is 0 Å². The molecule has 0 radical (unpaired) electrons. The number of hydrogen-bond acceptors (Lipinski definition) is 4. The minimum atomic E-state index is 0.167. The first-order valence-corrected chi connectivity index (χ1v) is 7.28. The van der Waals surface area contributed by atoms with Crippen molar-refractivity contribution in [1.82, 2.24) is 25.1 Å². The lowest BCUT2D eigenvalue weighted by molar-refractivity contribution is -0.130. The number of nitrogens with one attached hydrogen (secondary N) is 1. The number of rotatable bonds is 3. The molecule has 1 aliphatic rings. The van der Waals surface area contributed by atoms with Crippen molar-refractivity contribution < 1.29 is 4.79 Å². The van der Waals surface area contributed by atoms with E-state index in [2.05, 4.69) is 20.2 Å². The van der Waals surface area contributed by atoms with Crippen molar-refractivity contribution in [2.75, 3.05) is 13.1 Å². The molecule has 0 bridgehead atoms. The Balaban J connectivity index is 1.70. The lowest BCUT2D eigenvalue weighted by atomic mass is 9.93. The molecule has 1 amide bonds. The molecule has 6 heteroatoms. The van der Waals surface area contributed by atoms with Gasteiger partial charge >= 0.3 is 0 Å². The zero-order valence-corrected chi connectivity index (χ0v) is 12.1. The summed E-state index contributed by atoms with van der Waals surface area (Å²) >= 11 is 0. The quantitative estimate of drug-likeness (QED) is 0.930. The molecule has 1 saturated heterocycles. The Morgan fingerprint density at radius 2 is 2.38 bits per heavy atom. The summed E-state index contributed by atoms with van der Waals surface area (Å²) in [5.41, 5.74) is 2.77. The maximum atomic E-state index is 11.5. The van der Waals surface area contributed by atoms with Crippen molar-refractivity contribution in [3.05, 3.63) is 30.4 Å². The van der Waals surface area contributed by atoms with E-state index in [-0.39, 0.29) is 5.91 Å². The molecule has 1 N–H and O–H groups in total. The van der Waals surface area contributed by atoms with E-state index in [1.807, 2.05) is 17.0 Å². The van der Waals surface area contributed by atoms with E-state index < -0.39 is 0 Å². The maximum Gasteiger partial charge on any atom is 0.219 e. The van der Waals surface area contributed by atoms with Gasteiger partial charge in [-0.25, -0.2) is 9.97 Å². The highest BCUT2D eigenvalue weighted by molar-refractivity contribution is 5.73. The van der Waals surface area contributed by atoms with Crippen molar-refractivity contribution >= 4 is 5.91 Å². The molecule has 0 spiro atoms. The largest absolute Gasteiger partial charge is 0.343 e. The normalized spacial score (nSPS) is 18.7. The van der Waals surface area contributed by atoms with E-state index in [4.69, 9.17) is 0 Å². The van der Waals surface area contributed by atoms with Gasteiger partial charge in [-0.05, 0) is 37.3 Å². The molecular formula is C15H19N5O. The standard InChI is InChI=1S/C15H19N5O/c1-11(21)20-6-2-3-12(9-20)7-13-8-15(17-10-16-13)14-4-5-18-19-14/h4-5,8,10,12H,2-3,6-7,9H2,1H3,(H,18,19)/t12-/m1/s1. The number of likely N-dealkylation sites (tertiary alicyclic amines) is 1. The summed E-state index contributed by atoms with van der Waals surface area (Å²) in [6.07, 6.45) is 6.41. The van der Waals surface area contributed by atoms with E-state index in [1.54, 1.807) is 19.4 Å². The zero-order valence-electron chi connectivity index (χ0n) is 12.1. The van der Waals surface area contributed by atoms with Gasteiger partial charge in [0.1, 0.15) is 6.33 Å². The predicted molar refractivity (Wildman–Crippen MR) is 78.3 cm³/mol. The van der Waals surface area contributed by atoms with Gasteiger partial charge in [-0.2, -0.15) is 5.10 Å². The molecule has 2 aromatic rings. The van der Waals surface area contributed by atoms with Gasteiger partial charge in [0.2, 0.25) is 5.91 Å². The third kappa shape index (κ3) is 3.26. The van der Waals surface area contributed by atoms with Gasteiger partial charge in [0, 0.05) is 31.9 Å². The molecule has 0 saturated carbocycles. The highest BCUT2D eigenvalue weighted by atomic mass is 16.2. The van der Waals surface area contributed by atoms with E-state index in [9.17, 15) is 4.79 Å². The molecule has 3 rings (SSSR count). The summed E-state index contributed by atoms with van der Waals surface area (Å²) in [7, 11) is 0. The van der Waals surface area contributed by atoms with Gasteiger partial charge in [0.15, 0.2) is 0 Å². The highest BCUT2D eigenvalue weighted by Gasteiger charge is 2.22. The van der Waals surface area contributed by atoms with Crippen molar-refractivity contribution in [3.63, 3.8) is 0 Å². The highest BCUT2D eigenvalue weighted by Crippen LogP contribution is 2.21. The van der Waals surface area contributed by atoms with Crippen LogP contribution >= 0.6 is 0 Å². The molecule has 3 heterocycles. The number of hydrogen-bond donors (Lipinski definition) is 1. The Morgan fingerprint density at radius 3 is 3.14 bits per heavy atom. The fraction of sp³-hybridized carbons (Fsp3) is 0.467. The number of H-pyrrole nitrogens is 1. The second-order valence-corrected chi connectivity index (χ2v) is 5.54. The molecule has 6 nitrogen and oxygen atoms in total. The Hall–Kier alpha value is -2.24. The van der Waals surface area contributed by atoms with Crippen LogP contribution in [0, 0.1) is 5.92 Å². The van der Waals surface area contributed by atoms with Gasteiger partial charge < -0.3 is 4.90 Å². The Morgan fingerprint density at radius 1 is 1.48 bits per heavy atom. The molecule has 110 valence electrons. The van der Waals surface area contributed by atoms with Gasteiger partial charge in [-0.3, -0.25) is 9.89 Å². The van der Waals surface area contributed by atoms with Gasteiger partial charge in [-0.1, -0.05) is 0 Å². The third-order valence-electron chi connectivity index (χ3n) is 3.96. The van der Waals surface area contributed by atoms with Crippen LogP contribution in [-0.4, -0.2) is 44.1 Å². The van der Waals surface area contributed by atoms with E-state index in [0.717, 1.165) is 49.4 Å². The molecule has 1 atom stereocenters. The first kappa shape index (κ1) is 13.7. The molecule has 0 aromatic carbocycles. The number of piperidine rings is 1.